The van der Waals surface area contributed by atoms with E-state index in [-0.39, 0.29) is 24.3 Å². The van der Waals surface area contributed by atoms with Crippen molar-refractivity contribution in [3.8, 4) is 5.75 Å². The Balaban J connectivity index is 1.51. The number of fused-ring (bicyclic) bond motifs is 2. The molecule has 1 N–H and O–H groups in total. The van der Waals surface area contributed by atoms with E-state index in [9.17, 15) is 18.0 Å². The van der Waals surface area contributed by atoms with E-state index < -0.39 is 11.7 Å². The predicted molar refractivity (Wildman–Crippen MR) is 74.3 cm³/mol. The average molecular weight is 313 g/mol. The van der Waals surface area contributed by atoms with Crippen LogP contribution < -0.4 is 10.1 Å². The maximum atomic E-state index is 12.6. The fourth-order valence-electron chi connectivity index (χ4n) is 3.58. The smallest absolute Gasteiger partial charge is 0.416 e. The van der Waals surface area contributed by atoms with E-state index in [0.29, 0.717) is 5.92 Å². The number of halogens is 3. The van der Waals surface area contributed by atoms with Crippen LogP contribution in [-0.4, -0.2) is 18.6 Å². The molecule has 0 unspecified atom stereocenters. The van der Waals surface area contributed by atoms with Crippen LogP contribution in [-0.2, 0) is 11.0 Å². The lowest BCUT2D eigenvalue weighted by molar-refractivity contribution is -0.137. The highest BCUT2D eigenvalue weighted by Crippen LogP contribution is 2.44. The average Bonchev–Trinajstić information content (AvgIpc) is 3.07. The monoisotopic (exact) mass is 313 g/mol. The number of carbonyl (C=O) groups is 1. The number of rotatable bonds is 4. The van der Waals surface area contributed by atoms with Gasteiger partial charge in [0.15, 0.2) is 6.61 Å². The highest BCUT2D eigenvalue weighted by atomic mass is 19.4. The molecular formula is C16H18F3NO2. The summed E-state index contributed by atoms with van der Waals surface area (Å²) in [5.74, 6) is 1.06. The van der Waals surface area contributed by atoms with Crippen molar-refractivity contribution in [1.82, 2.24) is 5.32 Å². The van der Waals surface area contributed by atoms with Gasteiger partial charge in [-0.15, -0.1) is 0 Å². The first-order chi connectivity index (χ1) is 10.4. The van der Waals surface area contributed by atoms with Gasteiger partial charge in [-0.05, 0) is 49.3 Å². The van der Waals surface area contributed by atoms with E-state index >= 15 is 0 Å². The van der Waals surface area contributed by atoms with Crippen LogP contribution in [0.2, 0.25) is 0 Å². The van der Waals surface area contributed by atoms with Gasteiger partial charge in [0.25, 0.3) is 5.91 Å². The van der Waals surface area contributed by atoms with Gasteiger partial charge in [-0.3, -0.25) is 4.79 Å². The summed E-state index contributed by atoms with van der Waals surface area (Å²) in [5.41, 5.74) is -0.779. The van der Waals surface area contributed by atoms with Crippen molar-refractivity contribution in [2.75, 3.05) is 6.61 Å². The summed E-state index contributed by atoms with van der Waals surface area (Å²) in [6, 6.07) is 4.77. The standard InChI is InChI=1S/C16H18F3NO2/c17-16(18,19)12-2-1-3-13(8-12)22-9-15(21)20-14-7-10-4-5-11(14)6-10/h1-3,8,10-11,14H,4-7,9H2,(H,20,21)/t10-,11+,14+/m0/s1. The molecule has 1 aromatic carbocycles. The molecule has 22 heavy (non-hydrogen) atoms. The lowest BCUT2D eigenvalue weighted by atomic mass is 9.95. The van der Waals surface area contributed by atoms with Crippen molar-refractivity contribution in [3.05, 3.63) is 29.8 Å². The van der Waals surface area contributed by atoms with Gasteiger partial charge in [-0.2, -0.15) is 13.2 Å². The van der Waals surface area contributed by atoms with Gasteiger partial charge in [-0.25, -0.2) is 0 Å². The molecule has 0 radical (unpaired) electrons. The number of alkyl halides is 3. The second-order valence-corrected chi connectivity index (χ2v) is 6.16. The van der Waals surface area contributed by atoms with Crippen LogP contribution in [0.4, 0.5) is 13.2 Å². The third-order valence-corrected chi connectivity index (χ3v) is 4.62. The van der Waals surface area contributed by atoms with Gasteiger partial charge in [-0.1, -0.05) is 12.5 Å². The molecule has 3 nitrogen and oxygen atoms in total. The van der Waals surface area contributed by atoms with Crippen molar-refractivity contribution in [3.63, 3.8) is 0 Å². The van der Waals surface area contributed by atoms with E-state index in [2.05, 4.69) is 5.32 Å². The molecule has 1 amide bonds. The van der Waals surface area contributed by atoms with Crippen LogP contribution in [0, 0.1) is 11.8 Å². The van der Waals surface area contributed by atoms with Crippen LogP contribution in [0.15, 0.2) is 24.3 Å². The first-order valence-electron chi connectivity index (χ1n) is 7.51. The molecule has 2 aliphatic rings. The minimum atomic E-state index is -4.41. The Morgan fingerprint density at radius 2 is 2.09 bits per heavy atom. The molecule has 0 spiro atoms. The Labute approximate surface area is 126 Å². The molecule has 3 atom stereocenters. The van der Waals surface area contributed by atoms with E-state index in [4.69, 9.17) is 4.74 Å². The highest BCUT2D eigenvalue weighted by molar-refractivity contribution is 5.78. The first-order valence-corrected chi connectivity index (χ1v) is 7.51. The molecule has 0 heterocycles. The quantitative estimate of drug-likeness (QED) is 0.925. The predicted octanol–water partition coefficient (Wildman–Crippen LogP) is 3.39. The Morgan fingerprint density at radius 3 is 2.73 bits per heavy atom. The van der Waals surface area contributed by atoms with Gasteiger partial charge in [0, 0.05) is 6.04 Å². The van der Waals surface area contributed by atoms with E-state index in [1.54, 1.807) is 0 Å². The molecule has 0 aliphatic heterocycles. The molecule has 1 aromatic rings. The first kappa shape index (κ1) is 15.2. The Morgan fingerprint density at radius 1 is 1.27 bits per heavy atom. The molecular weight excluding hydrogens is 295 g/mol. The second kappa shape index (κ2) is 5.82. The van der Waals surface area contributed by atoms with E-state index in [1.807, 2.05) is 0 Å². The lowest BCUT2D eigenvalue weighted by Gasteiger charge is -2.22. The Hall–Kier alpha value is -1.72. The summed E-state index contributed by atoms with van der Waals surface area (Å²) >= 11 is 0. The summed E-state index contributed by atoms with van der Waals surface area (Å²) in [6.07, 6.45) is 0.186. The molecule has 3 rings (SSSR count). The molecule has 0 saturated heterocycles. The van der Waals surface area contributed by atoms with Crippen molar-refractivity contribution in [2.45, 2.75) is 37.9 Å². The summed E-state index contributed by atoms with van der Waals surface area (Å²) in [5, 5.41) is 2.94. The van der Waals surface area contributed by atoms with Gasteiger partial charge in [0.1, 0.15) is 5.75 Å². The maximum absolute atomic E-state index is 12.6. The van der Waals surface area contributed by atoms with Crippen LogP contribution in [0.3, 0.4) is 0 Å². The fourth-order valence-corrected chi connectivity index (χ4v) is 3.58. The summed E-state index contributed by atoms with van der Waals surface area (Å²) in [7, 11) is 0. The molecule has 2 aliphatic carbocycles. The topological polar surface area (TPSA) is 38.3 Å². The van der Waals surface area contributed by atoms with Crippen LogP contribution >= 0.6 is 0 Å². The number of benzene rings is 1. The summed E-state index contributed by atoms with van der Waals surface area (Å²) in [6.45, 7) is -0.255. The number of hydrogen-bond acceptors (Lipinski definition) is 2. The van der Waals surface area contributed by atoms with Gasteiger partial charge in [0.05, 0.1) is 5.56 Å². The maximum Gasteiger partial charge on any atom is 0.416 e. The summed E-state index contributed by atoms with van der Waals surface area (Å²) < 4.78 is 42.9. The largest absolute Gasteiger partial charge is 0.484 e. The van der Waals surface area contributed by atoms with Crippen LogP contribution in [0.25, 0.3) is 0 Å². The van der Waals surface area contributed by atoms with Crippen LogP contribution in [0.5, 0.6) is 5.75 Å². The minimum Gasteiger partial charge on any atom is -0.484 e. The fraction of sp³-hybridized carbons (Fsp3) is 0.562. The third-order valence-electron chi connectivity index (χ3n) is 4.62. The van der Waals surface area contributed by atoms with E-state index in [1.165, 1.54) is 25.0 Å². The number of carbonyl (C=O) groups excluding carboxylic acids is 1. The zero-order chi connectivity index (χ0) is 15.7. The zero-order valence-electron chi connectivity index (χ0n) is 12.0. The van der Waals surface area contributed by atoms with Gasteiger partial charge in [0.2, 0.25) is 0 Å². The molecule has 2 bridgehead atoms. The number of nitrogens with one attached hydrogen (secondary N) is 1. The number of amides is 1. The Bertz CT molecular complexity index is 559. The molecule has 0 aromatic heterocycles. The van der Waals surface area contributed by atoms with Gasteiger partial charge >= 0.3 is 6.18 Å². The normalized spacial score (nSPS) is 27.0. The molecule has 6 heteroatoms. The van der Waals surface area contributed by atoms with Crippen LogP contribution in [0.1, 0.15) is 31.2 Å². The highest BCUT2D eigenvalue weighted by Gasteiger charge is 2.40. The molecule has 2 saturated carbocycles. The molecule has 120 valence electrons. The van der Waals surface area contributed by atoms with E-state index in [0.717, 1.165) is 30.9 Å². The van der Waals surface area contributed by atoms with Crippen molar-refractivity contribution in [1.29, 1.82) is 0 Å². The van der Waals surface area contributed by atoms with Crippen molar-refractivity contribution < 1.29 is 22.7 Å². The lowest BCUT2D eigenvalue weighted by Crippen LogP contribution is -2.40. The SMILES string of the molecule is O=C(COc1cccc(C(F)(F)F)c1)N[C@@H]1C[C@H]2CC[C@@H]1C2. The zero-order valence-corrected chi connectivity index (χ0v) is 12.0. The van der Waals surface area contributed by atoms with Gasteiger partial charge < -0.3 is 10.1 Å². The van der Waals surface area contributed by atoms with Crippen molar-refractivity contribution >= 4 is 5.91 Å². The van der Waals surface area contributed by atoms with Crippen molar-refractivity contribution in [2.24, 2.45) is 11.8 Å². The third kappa shape index (κ3) is 3.36. The number of hydrogen-bond donors (Lipinski definition) is 1. The number of ether oxygens (including phenoxy) is 1. The molecule has 2 fully saturated rings. The Kier molecular flexibility index (Phi) is 4.02. The minimum absolute atomic E-state index is 0.0536. The second-order valence-electron chi connectivity index (χ2n) is 6.16. The summed E-state index contributed by atoms with van der Waals surface area (Å²) in [4.78, 5) is 11.9.